The number of rotatable bonds is 13. The van der Waals surface area contributed by atoms with E-state index in [1.54, 1.807) is 0 Å². The highest BCUT2D eigenvalue weighted by molar-refractivity contribution is 5.90. The van der Waals surface area contributed by atoms with Crippen molar-refractivity contribution in [3.63, 3.8) is 0 Å². The number of nitrogens with zero attached hydrogens (tertiary/aromatic N) is 2. The number of piperazine rings is 1. The molecule has 4 aromatic carbocycles. The highest BCUT2D eigenvalue weighted by Gasteiger charge is 2.32. The molecule has 2 amide bonds. The lowest BCUT2D eigenvalue weighted by atomic mass is 9.96. The molecule has 1 saturated heterocycles. The van der Waals surface area contributed by atoms with Crippen LogP contribution in [0.25, 0.3) is 0 Å². The molecule has 1 fully saturated rings. The summed E-state index contributed by atoms with van der Waals surface area (Å²) >= 11 is 0. The second-order valence-corrected chi connectivity index (χ2v) is 12.5. The molecule has 5 rings (SSSR count). The van der Waals surface area contributed by atoms with Crippen LogP contribution in [0, 0.1) is 5.92 Å². The molecule has 0 bridgehead atoms. The van der Waals surface area contributed by atoms with Gasteiger partial charge >= 0.3 is 0 Å². The van der Waals surface area contributed by atoms with Gasteiger partial charge in [0.2, 0.25) is 11.8 Å². The quantitative estimate of drug-likeness (QED) is 0.204. The van der Waals surface area contributed by atoms with Gasteiger partial charge in [-0.2, -0.15) is 0 Å². The molecule has 4 aromatic rings. The third-order valence-electron chi connectivity index (χ3n) is 8.51. The first kappa shape index (κ1) is 32.9. The summed E-state index contributed by atoms with van der Waals surface area (Å²) in [4.78, 5) is 31.5. The summed E-state index contributed by atoms with van der Waals surface area (Å²) in [7, 11) is 0. The van der Waals surface area contributed by atoms with Crippen LogP contribution in [-0.4, -0.2) is 59.9 Å². The molecular weight excluding hydrogens is 572 g/mol. The number of amides is 2. The number of carbonyl (C=O) groups is 2. The molecule has 7 nitrogen and oxygen atoms in total. The fourth-order valence-electron chi connectivity index (χ4n) is 6.10. The van der Waals surface area contributed by atoms with Gasteiger partial charge in [0.25, 0.3) is 0 Å². The molecule has 0 aliphatic carbocycles. The smallest absolute Gasteiger partial charge is 0.245 e. The third-order valence-corrected chi connectivity index (χ3v) is 8.51. The lowest BCUT2D eigenvalue weighted by molar-refractivity contribution is -0.138. The third kappa shape index (κ3) is 9.05. The van der Waals surface area contributed by atoms with E-state index in [9.17, 15) is 9.59 Å². The number of ether oxygens (including phenoxy) is 1. The SMILES string of the molecule is CC(C)CC(N)C(=O)NC(Cc1ccc(OCc2ccccc2)cc1)C(=O)N1CCN(C(c2ccccc2)c2ccccc2)CC1. The molecule has 7 heteroatoms. The van der Waals surface area contributed by atoms with Crippen LogP contribution in [0.15, 0.2) is 115 Å². The molecule has 240 valence electrons. The van der Waals surface area contributed by atoms with E-state index >= 15 is 0 Å². The van der Waals surface area contributed by atoms with Crippen LogP contribution in [0.3, 0.4) is 0 Å². The lowest BCUT2D eigenvalue weighted by Crippen LogP contribution is -2.57. The van der Waals surface area contributed by atoms with Crippen molar-refractivity contribution < 1.29 is 14.3 Å². The predicted octanol–water partition coefficient (Wildman–Crippen LogP) is 5.60. The van der Waals surface area contributed by atoms with E-state index in [0.717, 1.165) is 30.0 Å². The van der Waals surface area contributed by atoms with Gasteiger partial charge in [-0.1, -0.05) is 117 Å². The minimum absolute atomic E-state index is 0.0786. The summed E-state index contributed by atoms with van der Waals surface area (Å²) in [6, 6.07) is 37.5. The zero-order valence-electron chi connectivity index (χ0n) is 26.9. The van der Waals surface area contributed by atoms with E-state index in [2.05, 4.69) is 58.7 Å². The standard InChI is InChI=1S/C39H46N4O3/c1-29(2)26-35(40)38(44)41-36(27-30-18-20-34(21-19-30)46-28-31-12-6-3-7-13-31)39(45)43-24-22-42(23-25-43)37(32-14-8-4-9-15-32)33-16-10-5-11-17-33/h3-21,29,35-37H,22-28,40H2,1-2H3,(H,41,44). The molecule has 1 aliphatic rings. The van der Waals surface area contributed by atoms with Gasteiger partial charge in [-0.15, -0.1) is 0 Å². The van der Waals surface area contributed by atoms with Gasteiger partial charge in [0.05, 0.1) is 12.1 Å². The number of nitrogens with one attached hydrogen (secondary N) is 1. The van der Waals surface area contributed by atoms with Crippen LogP contribution in [0.5, 0.6) is 5.75 Å². The molecular formula is C39H46N4O3. The summed E-state index contributed by atoms with van der Waals surface area (Å²) < 4.78 is 5.95. The van der Waals surface area contributed by atoms with E-state index < -0.39 is 12.1 Å². The summed E-state index contributed by atoms with van der Waals surface area (Å²) in [5.74, 6) is 0.654. The molecule has 0 radical (unpaired) electrons. The average molecular weight is 619 g/mol. The number of hydrogen-bond donors (Lipinski definition) is 2. The Morgan fingerprint density at radius 1 is 0.739 bits per heavy atom. The van der Waals surface area contributed by atoms with Crippen molar-refractivity contribution in [1.82, 2.24) is 15.1 Å². The van der Waals surface area contributed by atoms with Gasteiger partial charge < -0.3 is 20.7 Å². The van der Waals surface area contributed by atoms with E-state index in [1.165, 1.54) is 11.1 Å². The maximum Gasteiger partial charge on any atom is 0.245 e. The zero-order chi connectivity index (χ0) is 32.3. The van der Waals surface area contributed by atoms with E-state index in [4.69, 9.17) is 10.5 Å². The van der Waals surface area contributed by atoms with E-state index in [-0.39, 0.29) is 23.8 Å². The van der Waals surface area contributed by atoms with Crippen molar-refractivity contribution in [2.24, 2.45) is 11.7 Å². The van der Waals surface area contributed by atoms with Gasteiger partial charge in [0, 0.05) is 32.6 Å². The monoisotopic (exact) mass is 618 g/mol. The van der Waals surface area contributed by atoms with Crippen molar-refractivity contribution in [2.75, 3.05) is 26.2 Å². The molecule has 46 heavy (non-hydrogen) atoms. The first-order chi connectivity index (χ1) is 22.4. The maximum absolute atomic E-state index is 14.1. The number of carbonyl (C=O) groups excluding carboxylic acids is 2. The topological polar surface area (TPSA) is 87.9 Å². The molecule has 3 N–H and O–H groups in total. The second kappa shape index (κ2) is 16.2. The molecule has 0 saturated carbocycles. The number of hydrogen-bond acceptors (Lipinski definition) is 5. The van der Waals surface area contributed by atoms with Crippen LogP contribution in [-0.2, 0) is 22.6 Å². The first-order valence-electron chi connectivity index (χ1n) is 16.3. The van der Waals surface area contributed by atoms with Crippen molar-refractivity contribution in [1.29, 1.82) is 0 Å². The minimum atomic E-state index is -0.715. The molecule has 1 aliphatic heterocycles. The number of benzene rings is 4. The first-order valence-corrected chi connectivity index (χ1v) is 16.3. The van der Waals surface area contributed by atoms with E-state index in [0.29, 0.717) is 32.5 Å². The highest BCUT2D eigenvalue weighted by Crippen LogP contribution is 2.29. The Balaban J connectivity index is 1.27. The van der Waals surface area contributed by atoms with Crippen molar-refractivity contribution in [2.45, 2.75) is 51.4 Å². The molecule has 2 atom stereocenters. The van der Waals surface area contributed by atoms with Crippen molar-refractivity contribution in [3.8, 4) is 5.75 Å². The summed E-state index contributed by atoms with van der Waals surface area (Å²) in [6.45, 7) is 7.15. The van der Waals surface area contributed by atoms with Gasteiger partial charge in [-0.3, -0.25) is 14.5 Å². The second-order valence-electron chi connectivity index (χ2n) is 12.5. The van der Waals surface area contributed by atoms with Crippen LogP contribution in [0.1, 0.15) is 48.6 Å². The summed E-state index contributed by atoms with van der Waals surface area (Å²) in [5, 5.41) is 3.01. The lowest BCUT2D eigenvalue weighted by Gasteiger charge is -2.40. The zero-order valence-corrected chi connectivity index (χ0v) is 26.9. The minimum Gasteiger partial charge on any atom is -0.489 e. The fraction of sp³-hybridized carbons (Fsp3) is 0.333. The highest BCUT2D eigenvalue weighted by atomic mass is 16.5. The predicted molar refractivity (Wildman–Crippen MR) is 183 cm³/mol. The van der Waals surface area contributed by atoms with Gasteiger partial charge in [-0.25, -0.2) is 0 Å². The Hall–Kier alpha value is -4.46. The van der Waals surface area contributed by atoms with Crippen LogP contribution >= 0.6 is 0 Å². The fourth-order valence-corrected chi connectivity index (χ4v) is 6.10. The van der Waals surface area contributed by atoms with Crippen LogP contribution in [0.2, 0.25) is 0 Å². The largest absolute Gasteiger partial charge is 0.489 e. The van der Waals surface area contributed by atoms with Gasteiger partial charge in [0.15, 0.2) is 0 Å². The summed E-state index contributed by atoms with van der Waals surface area (Å²) in [6.07, 6.45) is 0.925. The normalized spacial score (nSPS) is 15.0. The van der Waals surface area contributed by atoms with Gasteiger partial charge in [0.1, 0.15) is 18.4 Å². The summed E-state index contributed by atoms with van der Waals surface area (Å²) in [5.41, 5.74) is 10.7. The van der Waals surface area contributed by atoms with Crippen LogP contribution in [0.4, 0.5) is 0 Å². The average Bonchev–Trinajstić information content (AvgIpc) is 3.09. The Labute approximate surface area is 273 Å². The Bertz CT molecular complexity index is 1470. The van der Waals surface area contributed by atoms with Crippen molar-refractivity contribution >= 4 is 11.8 Å². The maximum atomic E-state index is 14.1. The molecule has 2 unspecified atom stereocenters. The van der Waals surface area contributed by atoms with Crippen molar-refractivity contribution in [3.05, 3.63) is 138 Å². The molecule has 0 aromatic heterocycles. The number of nitrogens with two attached hydrogens (primary N) is 1. The Morgan fingerprint density at radius 2 is 1.28 bits per heavy atom. The Morgan fingerprint density at radius 3 is 1.83 bits per heavy atom. The van der Waals surface area contributed by atoms with Crippen LogP contribution < -0.4 is 15.8 Å². The van der Waals surface area contributed by atoms with E-state index in [1.807, 2.05) is 85.5 Å². The molecule has 0 spiro atoms. The molecule has 1 heterocycles. The van der Waals surface area contributed by atoms with Gasteiger partial charge in [-0.05, 0) is 46.7 Å². The Kier molecular flexibility index (Phi) is 11.6.